The van der Waals surface area contributed by atoms with Crippen molar-refractivity contribution in [3.63, 3.8) is 0 Å². The Morgan fingerprint density at radius 3 is 2.75 bits per heavy atom. The van der Waals surface area contributed by atoms with Crippen molar-refractivity contribution >= 4 is 17.3 Å². The molecule has 3 rings (SSSR count). The lowest BCUT2D eigenvalue weighted by Gasteiger charge is -2.07. The molecule has 0 atom stereocenters. The molecule has 0 saturated heterocycles. The first-order valence-electron chi connectivity index (χ1n) is 5.75. The van der Waals surface area contributed by atoms with Crippen molar-refractivity contribution in [3.8, 4) is 17.1 Å². The smallest absolute Gasteiger partial charge is 0.188 e. The van der Waals surface area contributed by atoms with Gasteiger partial charge in [0.15, 0.2) is 5.82 Å². The summed E-state index contributed by atoms with van der Waals surface area (Å²) >= 11 is 6.13. The zero-order valence-electron chi connectivity index (χ0n) is 10.2. The molecule has 0 bridgehead atoms. The highest BCUT2D eigenvalue weighted by Gasteiger charge is 2.16. The maximum atomic E-state index is 13.9. The van der Waals surface area contributed by atoms with Crippen LogP contribution in [0, 0.1) is 5.82 Å². The van der Waals surface area contributed by atoms with Gasteiger partial charge in [0, 0.05) is 11.3 Å². The van der Waals surface area contributed by atoms with Crippen molar-refractivity contribution in [1.29, 1.82) is 0 Å². The van der Waals surface area contributed by atoms with E-state index in [1.54, 1.807) is 36.4 Å². The second-order valence-corrected chi connectivity index (χ2v) is 4.51. The van der Waals surface area contributed by atoms with Crippen LogP contribution in [0.4, 0.5) is 10.1 Å². The second kappa shape index (κ2) is 4.90. The molecule has 2 aromatic carbocycles. The maximum absolute atomic E-state index is 13.9. The van der Waals surface area contributed by atoms with Gasteiger partial charge < -0.3 is 5.73 Å². The molecule has 1 aromatic heterocycles. The van der Waals surface area contributed by atoms with Crippen molar-refractivity contribution in [2.45, 2.75) is 0 Å². The summed E-state index contributed by atoms with van der Waals surface area (Å²) in [5, 5.41) is 11.7. The zero-order valence-corrected chi connectivity index (χ0v) is 10.9. The maximum Gasteiger partial charge on any atom is 0.188 e. The molecule has 0 aliphatic carbocycles. The summed E-state index contributed by atoms with van der Waals surface area (Å²) in [4.78, 5) is 0. The van der Waals surface area contributed by atoms with Crippen LogP contribution >= 0.6 is 11.6 Å². The number of nitrogens with zero attached hydrogens (tertiary/aromatic N) is 4. The van der Waals surface area contributed by atoms with Crippen LogP contribution in [0.3, 0.4) is 0 Å². The summed E-state index contributed by atoms with van der Waals surface area (Å²) in [6, 6.07) is 11.2. The quantitative estimate of drug-likeness (QED) is 0.736. The van der Waals surface area contributed by atoms with Crippen LogP contribution in [0.25, 0.3) is 17.1 Å². The highest BCUT2D eigenvalue weighted by atomic mass is 35.5. The summed E-state index contributed by atoms with van der Waals surface area (Å²) in [7, 11) is 0. The molecule has 100 valence electrons. The van der Waals surface area contributed by atoms with E-state index in [0.29, 0.717) is 22.1 Å². The van der Waals surface area contributed by atoms with Gasteiger partial charge in [0.05, 0.1) is 5.02 Å². The SMILES string of the molecule is Nc1ccc(Cl)c(-c2nnnn2-c2ccccc2F)c1. The van der Waals surface area contributed by atoms with Crippen molar-refractivity contribution in [1.82, 2.24) is 20.2 Å². The van der Waals surface area contributed by atoms with Gasteiger partial charge in [-0.3, -0.25) is 0 Å². The average Bonchev–Trinajstić information content (AvgIpc) is 2.91. The van der Waals surface area contributed by atoms with E-state index in [4.69, 9.17) is 17.3 Å². The highest BCUT2D eigenvalue weighted by molar-refractivity contribution is 6.33. The highest BCUT2D eigenvalue weighted by Crippen LogP contribution is 2.29. The van der Waals surface area contributed by atoms with Crippen LogP contribution in [-0.2, 0) is 0 Å². The van der Waals surface area contributed by atoms with E-state index in [1.807, 2.05) is 0 Å². The fraction of sp³-hybridized carbons (Fsp3) is 0. The van der Waals surface area contributed by atoms with Gasteiger partial charge in [0.25, 0.3) is 0 Å². The molecule has 0 unspecified atom stereocenters. The number of nitrogen functional groups attached to an aromatic ring is 1. The first-order valence-corrected chi connectivity index (χ1v) is 6.13. The lowest BCUT2D eigenvalue weighted by Crippen LogP contribution is -2.03. The normalized spacial score (nSPS) is 10.7. The predicted molar refractivity (Wildman–Crippen MR) is 74.0 cm³/mol. The summed E-state index contributed by atoms with van der Waals surface area (Å²) in [5.41, 5.74) is 7.05. The van der Waals surface area contributed by atoms with Gasteiger partial charge in [-0.25, -0.2) is 4.39 Å². The number of hydrogen-bond donors (Lipinski definition) is 1. The monoisotopic (exact) mass is 289 g/mol. The molecule has 2 N–H and O–H groups in total. The Labute approximate surface area is 118 Å². The Hall–Kier alpha value is -2.47. The van der Waals surface area contributed by atoms with Crippen LogP contribution in [0.2, 0.25) is 5.02 Å². The molecule has 3 aromatic rings. The van der Waals surface area contributed by atoms with E-state index in [2.05, 4.69) is 15.5 Å². The number of tetrazole rings is 1. The van der Waals surface area contributed by atoms with E-state index in [1.165, 1.54) is 10.7 Å². The van der Waals surface area contributed by atoms with E-state index < -0.39 is 5.82 Å². The Bertz CT molecular complexity index is 771. The summed E-state index contributed by atoms with van der Waals surface area (Å²) in [6.07, 6.45) is 0. The third kappa shape index (κ3) is 2.10. The largest absolute Gasteiger partial charge is 0.399 e. The number of aromatic nitrogens is 4. The first-order chi connectivity index (χ1) is 9.66. The van der Waals surface area contributed by atoms with Gasteiger partial charge in [-0.05, 0) is 40.8 Å². The molecular formula is C13H9ClFN5. The lowest BCUT2D eigenvalue weighted by molar-refractivity contribution is 0.608. The van der Waals surface area contributed by atoms with Gasteiger partial charge in [-0.15, -0.1) is 5.10 Å². The third-order valence-corrected chi connectivity index (χ3v) is 3.11. The molecule has 0 aliphatic rings. The van der Waals surface area contributed by atoms with Crippen LogP contribution < -0.4 is 5.73 Å². The Morgan fingerprint density at radius 2 is 1.95 bits per heavy atom. The van der Waals surface area contributed by atoms with Crippen molar-refractivity contribution in [2.75, 3.05) is 5.73 Å². The second-order valence-electron chi connectivity index (χ2n) is 4.10. The lowest BCUT2D eigenvalue weighted by atomic mass is 10.2. The number of hydrogen-bond acceptors (Lipinski definition) is 4. The molecule has 0 fully saturated rings. The Morgan fingerprint density at radius 1 is 1.15 bits per heavy atom. The molecular weight excluding hydrogens is 281 g/mol. The molecule has 0 spiro atoms. The minimum Gasteiger partial charge on any atom is -0.399 e. The fourth-order valence-corrected chi connectivity index (χ4v) is 2.06. The van der Waals surface area contributed by atoms with Crippen molar-refractivity contribution < 1.29 is 4.39 Å². The Kier molecular flexibility index (Phi) is 3.08. The molecule has 0 amide bonds. The van der Waals surface area contributed by atoms with Gasteiger partial charge in [0.1, 0.15) is 11.5 Å². The summed E-state index contributed by atoms with van der Waals surface area (Å²) in [5.74, 6) is -0.103. The molecule has 7 heteroatoms. The van der Waals surface area contributed by atoms with E-state index in [0.717, 1.165) is 0 Å². The van der Waals surface area contributed by atoms with E-state index in [-0.39, 0.29) is 5.69 Å². The standard InChI is InChI=1S/C13H9ClFN5/c14-10-6-5-8(16)7-9(10)13-17-18-19-20(13)12-4-2-1-3-11(12)15/h1-7H,16H2. The number of benzene rings is 2. The predicted octanol–water partition coefficient (Wildman–Crippen LogP) is 2.70. The molecule has 0 aliphatic heterocycles. The Balaban J connectivity index is 2.21. The number of halogens is 2. The van der Waals surface area contributed by atoms with Crippen LogP contribution in [0.15, 0.2) is 42.5 Å². The number of para-hydroxylation sites is 1. The summed E-state index contributed by atoms with van der Waals surface area (Å²) < 4.78 is 15.1. The first kappa shape index (κ1) is 12.6. The molecule has 20 heavy (non-hydrogen) atoms. The van der Waals surface area contributed by atoms with Gasteiger partial charge in [-0.1, -0.05) is 23.7 Å². The topological polar surface area (TPSA) is 69.6 Å². The van der Waals surface area contributed by atoms with E-state index in [9.17, 15) is 4.39 Å². The molecule has 5 nitrogen and oxygen atoms in total. The van der Waals surface area contributed by atoms with Gasteiger partial charge in [0.2, 0.25) is 0 Å². The average molecular weight is 290 g/mol. The number of rotatable bonds is 2. The molecule has 0 saturated carbocycles. The van der Waals surface area contributed by atoms with Crippen LogP contribution in [0.1, 0.15) is 0 Å². The van der Waals surface area contributed by atoms with Crippen LogP contribution in [0.5, 0.6) is 0 Å². The molecule has 0 radical (unpaired) electrons. The van der Waals surface area contributed by atoms with Gasteiger partial charge in [-0.2, -0.15) is 4.68 Å². The van der Waals surface area contributed by atoms with Crippen molar-refractivity contribution in [3.05, 3.63) is 53.3 Å². The van der Waals surface area contributed by atoms with Gasteiger partial charge >= 0.3 is 0 Å². The number of nitrogens with two attached hydrogens (primary N) is 1. The van der Waals surface area contributed by atoms with Crippen LogP contribution in [-0.4, -0.2) is 20.2 Å². The zero-order chi connectivity index (χ0) is 14.1. The number of anilines is 1. The summed E-state index contributed by atoms with van der Waals surface area (Å²) in [6.45, 7) is 0. The fourth-order valence-electron chi connectivity index (χ4n) is 1.86. The minimum absolute atomic E-state index is 0.242. The van der Waals surface area contributed by atoms with E-state index >= 15 is 0 Å². The van der Waals surface area contributed by atoms with Crippen molar-refractivity contribution in [2.24, 2.45) is 0 Å². The minimum atomic E-state index is -0.430. The third-order valence-electron chi connectivity index (χ3n) is 2.78. The molecule has 1 heterocycles.